The third-order valence-corrected chi connectivity index (χ3v) is 5.35. The molecule has 5 nitrogen and oxygen atoms in total. The zero-order valence-electron chi connectivity index (χ0n) is 14.9. The van der Waals surface area contributed by atoms with Crippen molar-refractivity contribution in [2.75, 3.05) is 11.1 Å². The number of amides is 1. The summed E-state index contributed by atoms with van der Waals surface area (Å²) < 4.78 is 0. The number of aryl methyl sites for hydroxylation is 3. The van der Waals surface area contributed by atoms with E-state index in [0.717, 1.165) is 35.7 Å². The molecule has 1 N–H and O–H groups in total. The zero-order chi connectivity index (χ0) is 18.4. The fraction of sp³-hybridized carbons (Fsp3) is 0.400. The quantitative estimate of drug-likeness (QED) is 0.638. The second-order valence-electron chi connectivity index (χ2n) is 6.43. The third kappa shape index (κ3) is 4.83. The van der Waals surface area contributed by atoms with Gasteiger partial charge in [0, 0.05) is 23.6 Å². The summed E-state index contributed by atoms with van der Waals surface area (Å²) in [6.07, 6.45) is 5.88. The number of pyridine rings is 2. The molecule has 0 atom stereocenters. The largest absolute Gasteiger partial charge is 0.311 e. The number of rotatable bonds is 5. The van der Waals surface area contributed by atoms with Gasteiger partial charge in [-0.15, -0.1) is 11.8 Å². The molecule has 0 radical (unpaired) electrons. The molecule has 0 spiro atoms. The molecule has 0 fully saturated rings. The number of fused-ring (bicyclic) bond motifs is 1. The molecule has 134 valence electrons. The number of thioether (sulfide) groups is 1. The van der Waals surface area contributed by atoms with Crippen LogP contribution in [0.5, 0.6) is 0 Å². The van der Waals surface area contributed by atoms with Gasteiger partial charge in [-0.1, -0.05) is 12.5 Å². The van der Waals surface area contributed by atoms with Crippen LogP contribution in [0.4, 0.5) is 5.82 Å². The topological polar surface area (TPSA) is 78.7 Å². The molecule has 2 aromatic rings. The van der Waals surface area contributed by atoms with E-state index in [-0.39, 0.29) is 5.91 Å². The monoisotopic (exact) mass is 366 g/mol. The lowest BCUT2D eigenvalue weighted by Gasteiger charge is -2.10. The van der Waals surface area contributed by atoms with Crippen LogP contribution in [0.3, 0.4) is 0 Å². The summed E-state index contributed by atoms with van der Waals surface area (Å²) in [5.74, 6) is 1.07. The average molecular weight is 366 g/mol. The van der Waals surface area contributed by atoms with Crippen molar-refractivity contribution < 1.29 is 4.79 Å². The fourth-order valence-corrected chi connectivity index (χ4v) is 3.96. The van der Waals surface area contributed by atoms with Crippen LogP contribution >= 0.6 is 11.8 Å². The second-order valence-corrected chi connectivity index (χ2v) is 7.51. The van der Waals surface area contributed by atoms with Gasteiger partial charge in [0.05, 0.1) is 5.56 Å². The number of anilines is 1. The number of hydrogen-bond acceptors (Lipinski definition) is 5. The number of nitriles is 1. The van der Waals surface area contributed by atoms with Gasteiger partial charge in [-0.2, -0.15) is 5.26 Å². The molecule has 0 saturated carbocycles. The summed E-state index contributed by atoms with van der Waals surface area (Å²) in [6, 6.07) is 9.78. The third-order valence-electron chi connectivity index (χ3n) is 4.36. The number of carbonyl (C=O) groups is 1. The molecule has 0 unspecified atom stereocenters. The second kappa shape index (κ2) is 8.81. The van der Waals surface area contributed by atoms with Crippen LogP contribution in [0.25, 0.3) is 0 Å². The summed E-state index contributed by atoms with van der Waals surface area (Å²) in [5.41, 5.74) is 3.82. The Balaban J connectivity index is 1.60. The molecule has 2 heterocycles. The molecule has 1 aliphatic rings. The molecule has 2 aromatic heterocycles. The smallest absolute Gasteiger partial charge is 0.226 e. The molecule has 0 saturated heterocycles. The van der Waals surface area contributed by atoms with E-state index in [1.807, 2.05) is 25.1 Å². The van der Waals surface area contributed by atoms with Crippen LogP contribution in [-0.2, 0) is 17.6 Å². The lowest BCUT2D eigenvalue weighted by molar-refractivity contribution is -0.115. The molecule has 6 heteroatoms. The van der Waals surface area contributed by atoms with Crippen molar-refractivity contribution in [1.29, 1.82) is 5.26 Å². The minimum absolute atomic E-state index is 0.0798. The SMILES string of the molecule is Cc1cccc(NC(=O)CCSc2nc3c(cc2C#N)CCCCC3)n1. The van der Waals surface area contributed by atoms with Gasteiger partial charge in [-0.25, -0.2) is 9.97 Å². The molecule has 0 aromatic carbocycles. The normalized spacial score (nSPS) is 13.4. The average Bonchev–Trinajstić information content (AvgIpc) is 2.85. The van der Waals surface area contributed by atoms with E-state index in [1.54, 1.807) is 6.07 Å². The zero-order valence-corrected chi connectivity index (χ0v) is 15.7. The van der Waals surface area contributed by atoms with Gasteiger partial charge in [0.25, 0.3) is 0 Å². The highest BCUT2D eigenvalue weighted by Crippen LogP contribution is 2.27. The molecule has 1 amide bonds. The van der Waals surface area contributed by atoms with Crippen LogP contribution in [0.1, 0.15) is 48.2 Å². The minimum Gasteiger partial charge on any atom is -0.311 e. The first kappa shape index (κ1) is 18.4. The van der Waals surface area contributed by atoms with Crippen molar-refractivity contribution >= 4 is 23.5 Å². The van der Waals surface area contributed by atoms with E-state index in [9.17, 15) is 10.1 Å². The van der Waals surface area contributed by atoms with E-state index < -0.39 is 0 Å². The molecular weight excluding hydrogens is 344 g/mol. The van der Waals surface area contributed by atoms with Crippen molar-refractivity contribution in [3.63, 3.8) is 0 Å². The van der Waals surface area contributed by atoms with Crippen molar-refractivity contribution in [3.8, 4) is 6.07 Å². The number of carbonyl (C=O) groups excluding carboxylic acids is 1. The Labute approximate surface area is 158 Å². The maximum atomic E-state index is 12.1. The minimum atomic E-state index is -0.0798. The Hall–Kier alpha value is -2.39. The van der Waals surface area contributed by atoms with Gasteiger partial charge in [-0.05, 0) is 56.4 Å². The Morgan fingerprint density at radius 1 is 1.27 bits per heavy atom. The Bertz CT molecular complexity index is 844. The standard InChI is InChI=1S/C20H22N4OS/c1-14-6-5-9-18(22-14)24-19(25)10-11-26-20-16(13-21)12-15-7-3-2-4-8-17(15)23-20/h5-6,9,12H,2-4,7-8,10-11H2,1H3,(H,22,24,25). The van der Waals surface area contributed by atoms with E-state index >= 15 is 0 Å². The van der Waals surface area contributed by atoms with Crippen LogP contribution in [0.15, 0.2) is 29.3 Å². The fourth-order valence-electron chi connectivity index (χ4n) is 3.04. The van der Waals surface area contributed by atoms with Gasteiger partial charge >= 0.3 is 0 Å². The maximum Gasteiger partial charge on any atom is 0.226 e. The van der Waals surface area contributed by atoms with E-state index in [4.69, 9.17) is 4.98 Å². The van der Waals surface area contributed by atoms with E-state index in [2.05, 4.69) is 16.4 Å². The first-order valence-corrected chi connectivity index (χ1v) is 9.93. The van der Waals surface area contributed by atoms with Crippen LogP contribution in [-0.4, -0.2) is 21.6 Å². The number of hydrogen-bond donors (Lipinski definition) is 1. The first-order chi connectivity index (χ1) is 12.7. The van der Waals surface area contributed by atoms with Gasteiger partial charge in [0.2, 0.25) is 5.91 Å². The highest BCUT2D eigenvalue weighted by Gasteiger charge is 2.15. The lowest BCUT2D eigenvalue weighted by Crippen LogP contribution is -2.13. The van der Waals surface area contributed by atoms with Crippen LogP contribution in [0.2, 0.25) is 0 Å². The summed E-state index contributed by atoms with van der Waals surface area (Å²) in [6.45, 7) is 1.89. The van der Waals surface area contributed by atoms with E-state index in [0.29, 0.717) is 23.6 Å². The summed E-state index contributed by atoms with van der Waals surface area (Å²) in [4.78, 5) is 21.1. The van der Waals surface area contributed by atoms with Gasteiger partial charge in [0.15, 0.2) is 0 Å². The van der Waals surface area contributed by atoms with E-state index in [1.165, 1.54) is 30.2 Å². The van der Waals surface area contributed by atoms with Gasteiger partial charge in [0.1, 0.15) is 16.9 Å². The predicted molar refractivity (Wildman–Crippen MR) is 103 cm³/mol. The molecule has 1 aliphatic carbocycles. The highest BCUT2D eigenvalue weighted by molar-refractivity contribution is 7.99. The van der Waals surface area contributed by atoms with Gasteiger partial charge < -0.3 is 5.32 Å². The molecule has 3 rings (SSSR count). The maximum absolute atomic E-state index is 12.1. The predicted octanol–water partition coefficient (Wildman–Crippen LogP) is 4.05. The highest BCUT2D eigenvalue weighted by atomic mass is 32.2. The number of aromatic nitrogens is 2. The van der Waals surface area contributed by atoms with Crippen molar-refractivity contribution in [1.82, 2.24) is 9.97 Å². The number of nitrogens with zero attached hydrogens (tertiary/aromatic N) is 3. The molecular formula is C20H22N4OS. The summed E-state index contributed by atoms with van der Waals surface area (Å²) in [7, 11) is 0. The van der Waals surface area contributed by atoms with Crippen molar-refractivity contribution in [2.45, 2.75) is 50.5 Å². The molecule has 26 heavy (non-hydrogen) atoms. The van der Waals surface area contributed by atoms with Crippen LogP contribution < -0.4 is 5.32 Å². The summed E-state index contributed by atoms with van der Waals surface area (Å²) in [5, 5.41) is 13.0. The van der Waals surface area contributed by atoms with Crippen molar-refractivity contribution in [2.24, 2.45) is 0 Å². The summed E-state index contributed by atoms with van der Waals surface area (Å²) >= 11 is 1.48. The Morgan fingerprint density at radius 2 is 2.12 bits per heavy atom. The first-order valence-electron chi connectivity index (χ1n) is 8.95. The Kier molecular flexibility index (Phi) is 6.24. The molecule has 0 bridgehead atoms. The number of nitrogens with one attached hydrogen (secondary N) is 1. The van der Waals surface area contributed by atoms with Crippen molar-refractivity contribution in [3.05, 3.63) is 46.8 Å². The molecule has 0 aliphatic heterocycles. The lowest BCUT2D eigenvalue weighted by atomic mass is 10.1. The van der Waals surface area contributed by atoms with Crippen LogP contribution in [0, 0.1) is 18.3 Å². The Morgan fingerprint density at radius 3 is 2.92 bits per heavy atom. The van der Waals surface area contributed by atoms with Gasteiger partial charge in [-0.3, -0.25) is 4.79 Å².